The minimum Gasteiger partial charge on any atom is -0.348 e. The number of rotatable bonds is 9. The molecule has 1 amide bonds. The van der Waals surface area contributed by atoms with E-state index < -0.39 is 0 Å². The maximum Gasteiger partial charge on any atom is 0.230 e. The van der Waals surface area contributed by atoms with Crippen LogP contribution in [0.3, 0.4) is 0 Å². The highest BCUT2D eigenvalue weighted by Crippen LogP contribution is 2.41. The Kier molecular flexibility index (Phi) is 6.36. The summed E-state index contributed by atoms with van der Waals surface area (Å²) in [6.45, 7) is 0. The van der Waals surface area contributed by atoms with Crippen LogP contribution in [0.15, 0.2) is 83.3 Å². The minimum absolute atomic E-state index is 0.00260. The van der Waals surface area contributed by atoms with E-state index in [4.69, 9.17) is 0 Å². The van der Waals surface area contributed by atoms with E-state index in [9.17, 15) is 4.79 Å². The van der Waals surface area contributed by atoms with Crippen molar-refractivity contribution in [2.75, 3.05) is 5.75 Å². The average Bonchev–Trinajstić information content (AvgIpc) is 3.34. The second kappa shape index (κ2) is 9.71. The van der Waals surface area contributed by atoms with Crippen LogP contribution < -0.4 is 5.32 Å². The van der Waals surface area contributed by atoms with Crippen molar-refractivity contribution in [1.82, 2.24) is 20.1 Å². The van der Waals surface area contributed by atoms with Crippen LogP contribution in [0.5, 0.6) is 0 Å². The summed E-state index contributed by atoms with van der Waals surface area (Å²) in [5.41, 5.74) is 2.30. The summed E-state index contributed by atoms with van der Waals surface area (Å²) in [6, 6.07) is 24.9. The van der Waals surface area contributed by atoms with Gasteiger partial charge in [0.15, 0.2) is 11.0 Å². The Balaban J connectivity index is 1.28. The maximum atomic E-state index is 12.9. The van der Waals surface area contributed by atoms with E-state index in [0.717, 1.165) is 40.7 Å². The van der Waals surface area contributed by atoms with E-state index in [2.05, 4.69) is 55.8 Å². The first-order valence-corrected chi connectivity index (χ1v) is 12.6. The molecular weight excluding hydrogens is 436 g/mol. The summed E-state index contributed by atoms with van der Waals surface area (Å²) < 4.78 is 2.21. The second-order valence-corrected chi connectivity index (χ2v) is 9.78. The van der Waals surface area contributed by atoms with Gasteiger partial charge in [-0.2, -0.15) is 0 Å². The fourth-order valence-electron chi connectivity index (χ4n) is 3.76. The van der Waals surface area contributed by atoms with Crippen molar-refractivity contribution >= 4 is 29.0 Å². The van der Waals surface area contributed by atoms with Gasteiger partial charge in [0.1, 0.15) is 0 Å². The molecule has 0 radical (unpaired) electrons. The number of nitrogens with zero attached hydrogens (tertiary/aromatic N) is 3. The number of carbonyl (C=O) groups excluding carboxylic acids is 1. The zero-order valence-electron chi connectivity index (χ0n) is 17.6. The summed E-state index contributed by atoms with van der Waals surface area (Å²) in [5, 5.41) is 15.0. The molecular formula is C25H24N4OS2. The summed E-state index contributed by atoms with van der Waals surface area (Å²) in [4.78, 5) is 14.1. The molecule has 1 atom stereocenters. The lowest BCUT2D eigenvalue weighted by Crippen LogP contribution is -2.31. The van der Waals surface area contributed by atoms with Gasteiger partial charge >= 0.3 is 0 Å². The molecule has 2 aromatic heterocycles. The van der Waals surface area contributed by atoms with Crippen LogP contribution >= 0.6 is 23.1 Å². The lowest BCUT2D eigenvalue weighted by Gasteiger charge is -2.19. The molecule has 1 aliphatic rings. The van der Waals surface area contributed by atoms with Gasteiger partial charge in [0, 0.05) is 6.04 Å². The van der Waals surface area contributed by atoms with Crippen LogP contribution in [0, 0.1) is 0 Å². The molecule has 4 aromatic rings. The second-order valence-electron chi connectivity index (χ2n) is 7.89. The molecule has 1 N–H and O–H groups in total. The zero-order chi connectivity index (χ0) is 21.8. The number of hydrogen-bond acceptors (Lipinski definition) is 5. The van der Waals surface area contributed by atoms with Crippen molar-refractivity contribution in [1.29, 1.82) is 0 Å². The number of carbonyl (C=O) groups is 1. The lowest BCUT2D eigenvalue weighted by molar-refractivity contribution is -0.119. The van der Waals surface area contributed by atoms with Gasteiger partial charge in [-0.25, -0.2) is 0 Å². The molecule has 5 rings (SSSR count). The maximum absolute atomic E-state index is 12.9. The highest BCUT2D eigenvalue weighted by molar-refractivity contribution is 7.99. The van der Waals surface area contributed by atoms with Crippen LogP contribution in [0.2, 0.25) is 0 Å². The van der Waals surface area contributed by atoms with Gasteiger partial charge in [-0.15, -0.1) is 21.5 Å². The molecule has 0 saturated heterocycles. The molecule has 162 valence electrons. The number of aromatic nitrogens is 3. The molecule has 0 spiro atoms. The van der Waals surface area contributed by atoms with Gasteiger partial charge < -0.3 is 5.32 Å². The normalized spacial score (nSPS) is 14.2. The quantitative estimate of drug-likeness (QED) is 0.334. The van der Waals surface area contributed by atoms with Gasteiger partial charge in [-0.05, 0) is 41.8 Å². The van der Waals surface area contributed by atoms with E-state index in [1.807, 2.05) is 42.5 Å². The number of hydrogen-bond donors (Lipinski definition) is 1. The van der Waals surface area contributed by atoms with Crippen LogP contribution in [-0.2, 0) is 11.2 Å². The molecule has 5 nitrogen and oxygen atoms in total. The predicted octanol–water partition coefficient (Wildman–Crippen LogP) is 5.53. The number of thioether (sulfide) groups is 1. The average molecular weight is 461 g/mol. The summed E-state index contributed by atoms with van der Waals surface area (Å²) in [7, 11) is 0. The Bertz CT molecular complexity index is 1160. The van der Waals surface area contributed by atoms with Gasteiger partial charge in [-0.1, -0.05) is 78.5 Å². The van der Waals surface area contributed by atoms with E-state index in [0.29, 0.717) is 11.8 Å². The summed E-state index contributed by atoms with van der Waals surface area (Å²) in [5.74, 6) is 1.23. The van der Waals surface area contributed by atoms with Gasteiger partial charge in [0.2, 0.25) is 5.91 Å². The summed E-state index contributed by atoms with van der Waals surface area (Å²) in [6.07, 6.45) is 3.04. The first-order valence-electron chi connectivity index (χ1n) is 10.8. The van der Waals surface area contributed by atoms with Gasteiger partial charge in [0.05, 0.1) is 16.7 Å². The van der Waals surface area contributed by atoms with Crippen LogP contribution in [0.1, 0.15) is 36.1 Å². The molecule has 2 aromatic carbocycles. The van der Waals surface area contributed by atoms with Crippen molar-refractivity contribution in [2.24, 2.45) is 0 Å². The highest BCUT2D eigenvalue weighted by atomic mass is 32.2. The molecule has 0 bridgehead atoms. The lowest BCUT2D eigenvalue weighted by atomic mass is 9.99. The van der Waals surface area contributed by atoms with Crippen molar-refractivity contribution in [2.45, 2.75) is 36.5 Å². The molecule has 2 heterocycles. The van der Waals surface area contributed by atoms with Crippen molar-refractivity contribution in [3.63, 3.8) is 0 Å². The number of amides is 1. The third-order valence-electron chi connectivity index (χ3n) is 5.47. The minimum atomic E-state index is -0.0744. The van der Waals surface area contributed by atoms with E-state index in [-0.39, 0.29) is 11.9 Å². The fourth-order valence-corrected chi connectivity index (χ4v) is 5.29. The molecule has 0 aliphatic heterocycles. The van der Waals surface area contributed by atoms with E-state index >= 15 is 0 Å². The van der Waals surface area contributed by atoms with Crippen molar-refractivity contribution < 1.29 is 4.79 Å². The molecule has 1 unspecified atom stereocenters. The van der Waals surface area contributed by atoms with Gasteiger partial charge in [-0.3, -0.25) is 9.36 Å². The monoisotopic (exact) mass is 460 g/mol. The first-order chi connectivity index (χ1) is 15.8. The van der Waals surface area contributed by atoms with Crippen molar-refractivity contribution in [3.8, 4) is 10.7 Å². The van der Waals surface area contributed by atoms with Crippen molar-refractivity contribution in [3.05, 3.63) is 89.3 Å². The van der Waals surface area contributed by atoms with E-state index in [1.54, 1.807) is 11.3 Å². The standard InChI is InChI=1S/C25H24N4OS2/c30-23(26-21(19-10-5-2-6-11-19)16-18-8-3-1-4-9-18)17-32-25-28-27-24(22-12-7-15-31-22)29(25)20-13-14-20/h1-12,15,20-21H,13-14,16-17H2,(H,26,30). The number of nitrogens with one attached hydrogen (secondary N) is 1. The van der Waals surface area contributed by atoms with E-state index in [1.165, 1.54) is 17.3 Å². The van der Waals surface area contributed by atoms with Crippen LogP contribution in [0.4, 0.5) is 0 Å². The topological polar surface area (TPSA) is 59.8 Å². The van der Waals surface area contributed by atoms with Gasteiger partial charge in [0.25, 0.3) is 0 Å². The third kappa shape index (κ3) is 4.95. The smallest absolute Gasteiger partial charge is 0.230 e. The molecule has 7 heteroatoms. The molecule has 32 heavy (non-hydrogen) atoms. The Morgan fingerprint density at radius 1 is 1.03 bits per heavy atom. The third-order valence-corrected chi connectivity index (χ3v) is 7.28. The number of thiophene rings is 1. The summed E-state index contributed by atoms with van der Waals surface area (Å²) >= 11 is 3.14. The molecule has 1 fully saturated rings. The largest absolute Gasteiger partial charge is 0.348 e. The Hall–Kier alpha value is -2.90. The highest BCUT2D eigenvalue weighted by Gasteiger charge is 2.30. The zero-order valence-corrected chi connectivity index (χ0v) is 19.2. The predicted molar refractivity (Wildman–Crippen MR) is 130 cm³/mol. The Labute approximate surface area is 195 Å². The van der Waals surface area contributed by atoms with Crippen LogP contribution in [0.25, 0.3) is 10.7 Å². The van der Waals surface area contributed by atoms with Crippen LogP contribution in [-0.4, -0.2) is 26.4 Å². The molecule has 1 saturated carbocycles. The fraction of sp³-hybridized carbons (Fsp3) is 0.240. The Morgan fingerprint density at radius 2 is 1.78 bits per heavy atom. The SMILES string of the molecule is O=C(CSc1nnc(-c2cccs2)n1C1CC1)NC(Cc1ccccc1)c1ccccc1. The number of benzene rings is 2. The molecule has 1 aliphatic carbocycles. The Morgan fingerprint density at radius 3 is 2.47 bits per heavy atom. The first kappa shape index (κ1) is 21.0.